The van der Waals surface area contributed by atoms with Crippen LogP contribution < -0.4 is 0 Å². The summed E-state index contributed by atoms with van der Waals surface area (Å²) in [6.07, 6.45) is 9.16. The molecular formula is C12H17N. The summed E-state index contributed by atoms with van der Waals surface area (Å²) in [7, 11) is 0. The summed E-state index contributed by atoms with van der Waals surface area (Å²) in [5.74, 6) is 0. The molecule has 0 spiro atoms. The minimum absolute atomic E-state index is 0.356. The molecule has 1 aromatic rings. The van der Waals surface area contributed by atoms with Crippen LogP contribution in [-0.4, -0.2) is 4.98 Å². The molecule has 1 aliphatic carbocycles. The Morgan fingerprint density at radius 3 is 3.00 bits per heavy atom. The Bertz CT molecular complexity index is 302. The first kappa shape index (κ1) is 8.74. The Morgan fingerprint density at radius 2 is 2.15 bits per heavy atom. The zero-order valence-electron chi connectivity index (χ0n) is 8.51. The highest BCUT2D eigenvalue weighted by atomic mass is 14.6. The second-order valence-electron chi connectivity index (χ2n) is 4.62. The summed E-state index contributed by atoms with van der Waals surface area (Å²) in [5, 5.41) is 0. The van der Waals surface area contributed by atoms with Crippen LogP contribution in [0.15, 0.2) is 18.5 Å². The lowest BCUT2D eigenvalue weighted by atomic mass is 9.80. The fourth-order valence-corrected chi connectivity index (χ4v) is 2.30. The van der Waals surface area contributed by atoms with Crippen LogP contribution in [-0.2, 0) is 11.8 Å². The molecule has 0 saturated heterocycles. The number of fused-ring (bicyclic) bond motifs is 1. The normalized spacial score (nSPS) is 20.5. The Balaban J connectivity index is 2.48. The van der Waals surface area contributed by atoms with Gasteiger partial charge in [0.25, 0.3) is 0 Å². The molecule has 0 saturated carbocycles. The molecule has 70 valence electrons. The van der Waals surface area contributed by atoms with Crippen molar-refractivity contribution in [1.29, 1.82) is 0 Å². The minimum Gasteiger partial charge on any atom is -0.264 e. The molecule has 1 heteroatoms. The van der Waals surface area contributed by atoms with Crippen molar-refractivity contribution in [2.24, 2.45) is 0 Å². The molecule has 0 amide bonds. The zero-order chi connectivity index (χ0) is 9.31. The first-order valence-electron chi connectivity index (χ1n) is 5.13. The molecule has 0 radical (unpaired) electrons. The highest BCUT2D eigenvalue weighted by molar-refractivity contribution is 5.31. The van der Waals surface area contributed by atoms with Crippen LogP contribution in [0, 0.1) is 0 Å². The van der Waals surface area contributed by atoms with Gasteiger partial charge in [-0.25, -0.2) is 0 Å². The number of hydrogen-bond acceptors (Lipinski definition) is 1. The second kappa shape index (κ2) is 3.13. The summed E-state index contributed by atoms with van der Waals surface area (Å²) in [6.45, 7) is 4.69. The van der Waals surface area contributed by atoms with E-state index in [-0.39, 0.29) is 0 Å². The smallest absolute Gasteiger partial charge is 0.0302 e. The summed E-state index contributed by atoms with van der Waals surface area (Å²) in [5.41, 5.74) is 3.33. The van der Waals surface area contributed by atoms with E-state index in [0.717, 1.165) is 0 Å². The summed E-state index contributed by atoms with van der Waals surface area (Å²) in [6, 6.07) is 2.20. The van der Waals surface area contributed by atoms with E-state index >= 15 is 0 Å². The maximum atomic E-state index is 4.21. The van der Waals surface area contributed by atoms with Crippen LogP contribution in [0.3, 0.4) is 0 Å². The third-order valence-electron chi connectivity index (χ3n) is 3.13. The topological polar surface area (TPSA) is 12.9 Å². The van der Waals surface area contributed by atoms with Gasteiger partial charge in [-0.2, -0.15) is 0 Å². The average Bonchev–Trinajstić information content (AvgIpc) is 2.26. The van der Waals surface area contributed by atoms with E-state index in [2.05, 4.69) is 24.9 Å². The fraction of sp³-hybridized carbons (Fsp3) is 0.583. The van der Waals surface area contributed by atoms with Gasteiger partial charge in [0.1, 0.15) is 0 Å². The van der Waals surface area contributed by atoms with Gasteiger partial charge < -0.3 is 0 Å². The van der Waals surface area contributed by atoms with Crippen molar-refractivity contribution in [1.82, 2.24) is 4.98 Å². The largest absolute Gasteiger partial charge is 0.264 e. The van der Waals surface area contributed by atoms with Crippen molar-refractivity contribution >= 4 is 0 Å². The SMILES string of the molecule is CC1(C)CCCCc2cnccc21. The van der Waals surface area contributed by atoms with E-state index in [9.17, 15) is 0 Å². The van der Waals surface area contributed by atoms with Crippen LogP contribution in [0.1, 0.15) is 44.2 Å². The molecule has 1 aliphatic rings. The van der Waals surface area contributed by atoms with Crippen molar-refractivity contribution in [3.63, 3.8) is 0 Å². The molecule has 2 rings (SSSR count). The molecule has 0 aliphatic heterocycles. The van der Waals surface area contributed by atoms with Crippen molar-refractivity contribution in [3.05, 3.63) is 29.6 Å². The van der Waals surface area contributed by atoms with Crippen molar-refractivity contribution in [3.8, 4) is 0 Å². The third-order valence-corrected chi connectivity index (χ3v) is 3.13. The van der Waals surface area contributed by atoms with Gasteiger partial charge in [-0.3, -0.25) is 4.98 Å². The van der Waals surface area contributed by atoms with Gasteiger partial charge in [0.15, 0.2) is 0 Å². The van der Waals surface area contributed by atoms with Crippen LogP contribution in [0.4, 0.5) is 0 Å². The Morgan fingerprint density at radius 1 is 1.31 bits per heavy atom. The van der Waals surface area contributed by atoms with Crippen molar-refractivity contribution < 1.29 is 0 Å². The number of aromatic nitrogens is 1. The van der Waals surface area contributed by atoms with Gasteiger partial charge in [-0.1, -0.05) is 20.3 Å². The first-order chi connectivity index (χ1) is 6.20. The molecule has 1 heterocycles. The Labute approximate surface area is 80.2 Å². The van der Waals surface area contributed by atoms with E-state index < -0.39 is 0 Å². The first-order valence-corrected chi connectivity index (χ1v) is 5.13. The lowest BCUT2D eigenvalue weighted by Crippen LogP contribution is -2.17. The van der Waals surface area contributed by atoms with Crippen LogP contribution in [0.25, 0.3) is 0 Å². The van der Waals surface area contributed by atoms with E-state index in [1.165, 1.54) is 36.8 Å². The number of nitrogens with zero attached hydrogens (tertiary/aromatic N) is 1. The van der Waals surface area contributed by atoms with Gasteiger partial charge in [0.05, 0.1) is 0 Å². The Kier molecular flexibility index (Phi) is 2.10. The van der Waals surface area contributed by atoms with Gasteiger partial charge >= 0.3 is 0 Å². The molecule has 0 N–H and O–H groups in total. The molecule has 13 heavy (non-hydrogen) atoms. The molecule has 1 nitrogen and oxygen atoms in total. The molecule has 0 aromatic carbocycles. The maximum absolute atomic E-state index is 4.21. The number of hydrogen-bond donors (Lipinski definition) is 0. The molecule has 0 fully saturated rings. The molecular weight excluding hydrogens is 158 g/mol. The number of rotatable bonds is 0. The monoisotopic (exact) mass is 175 g/mol. The van der Waals surface area contributed by atoms with Gasteiger partial charge in [-0.15, -0.1) is 0 Å². The van der Waals surface area contributed by atoms with Crippen molar-refractivity contribution in [2.75, 3.05) is 0 Å². The van der Waals surface area contributed by atoms with E-state index in [1.807, 2.05) is 12.4 Å². The number of aryl methyl sites for hydroxylation is 1. The van der Waals surface area contributed by atoms with Gasteiger partial charge in [-0.05, 0) is 41.9 Å². The fourth-order valence-electron chi connectivity index (χ4n) is 2.30. The van der Waals surface area contributed by atoms with Crippen LogP contribution in [0.5, 0.6) is 0 Å². The summed E-state index contributed by atoms with van der Waals surface area (Å²) in [4.78, 5) is 4.21. The number of pyridine rings is 1. The molecule has 0 unspecified atom stereocenters. The van der Waals surface area contributed by atoms with E-state index in [1.54, 1.807) is 0 Å². The predicted octanol–water partition coefficient (Wildman–Crippen LogP) is 3.09. The predicted molar refractivity (Wildman–Crippen MR) is 54.8 cm³/mol. The lowest BCUT2D eigenvalue weighted by molar-refractivity contribution is 0.468. The molecule has 0 bridgehead atoms. The summed E-state index contributed by atoms with van der Waals surface area (Å²) < 4.78 is 0. The zero-order valence-corrected chi connectivity index (χ0v) is 8.51. The minimum atomic E-state index is 0.356. The van der Waals surface area contributed by atoms with Crippen LogP contribution in [0.2, 0.25) is 0 Å². The highest BCUT2D eigenvalue weighted by Crippen LogP contribution is 2.34. The lowest BCUT2D eigenvalue weighted by Gasteiger charge is -2.24. The maximum Gasteiger partial charge on any atom is 0.0302 e. The van der Waals surface area contributed by atoms with E-state index in [0.29, 0.717) is 5.41 Å². The van der Waals surface area contributed by atoms with E-state index in [4.69, 9.17) is 0 Å². The molecule has 0 atom stereocenters. The quantitative estimate of drug-likeness (QED) is 0.552. The van der Waals surface area contributed by atoms with Crippen molar-refractivity contribution in [2.45, 2.75) is 44.9 Å². The average molecular weight is 175 g/mol. The second-order valence-corrected chi connectivity index (χ2v) is 4.62. The molecule has 1 aromatic heterocycles. The Hall–Kier alpha value is -0.850. The van der Waals surface area contributed by atoms with Gasteiger partial charge in [0, 0.05) is 12.4 Å². The van der Waals surface area contributed by atoms with Crippen LogP contribution >= 0.6 is 0 Å². The van der Waals surface area contributed by atoms with Gasteiger partial charge in [0.2, 0.25) is 0 Å². The third kappa shape index (κ3) is 1.60. The highest BCUT2D eigenvalue weighted by Gasteiger charge is 2.25. The summed E-state index contributed by atoms with van der Waals surface area (Å²) >= 11 is 0. The standard InChI is InChI=1S/C12H17N/c1-12(2)7-4-3-5-10-9-13-8-6-11(10)12/h6,8-9H,3-5,7H2,1-2H3.